The van der Waals surface area contributed by atoms with Gasteiger partial charge in [-0.3, -0.25) is 4.79 Å². The first-order valence-electron chi connectivity index (χ1n) is 9.51. The second-order valence-electron chi connectivity index (χ2n) is 7.37. The van der Waals surface area contributed by atoms with Crippen molar-refractivity contribution >= 4 is 17.3 Å². The molecule has 0 bridgehead atoms. The Bertz CT molecular complexity index is 981. The quantitative estimate of drug-likeness (QED) is 0.756. The van der Waals surface area contributed by atoms with E-state index in [2.05, 4.69) is 15.6 Å². The molecule has 5 rings (SSSR count). The number of amides is 1. The molecule has 144 valence electrons. The van der Waals surface area contributed by atoms with Crippen LogP contribution in [-0.2, 0) is 10.2 Å². The summed E-state index contributed by atoms with van der Waals surface area (Å²) in [6, 6.07) is 11.1. The van der Waals surface area contributed by atoms with Gasteiger partial charge in [-0.05, 0) is 55.5 Å². The van der Waals surface area contributed by atoms with E-state index in [4.69, 9.17) is 9.47 Å². The van der Waals surface area contributed by atoms with Crippen LogP contribution in [0.25, 0.3) is 5.57 Å². The number of aliphatic hydroxyl groups is 1. The number of pyridine rings is 1. The summed E-state index contributed by atoms with van der Waals surface area (Å²) in [7, 11) is 0. The highest BCUT2D eigenvalue weighted by molar-refractivity contribution is 6.01. The third-order valence-corrected chi connectivity index (χ3v) is 5.59. The van der Waals surface area contributed by atoms with E-state index in [1.165, 1.54) is 0 Å². The molecule has 2 aromatic rings. The van der Waals surface area contributed by atoms with E-state index >= 15 is 0 Å². The number of hydrogen-bond acceptors (Lipinski definition) is 6. The predicted octanol–water partition coefficient (Wildman–Crippen LogP) is 3.09. The Labute approximate surface area is 162 Å². The van der Waals surface area contributed by atoms with Gasteiger partial charge in [0.05, 0.1) is 11.1 Å². The average molecular weight is 379 g/mol. The van der Waals surface area contributed by atoms with Crippen LogP contribution in [-0.4, -0.2) is 29.3 Å². The first kappa shape index (κ1) is 16.9. The van der Waals surface area contributed by atoms with Gasteiger partial charge in [0.2, 0.25) is 12.7 Å². The normalized spacial score (nSPS) is 19.1. The molecule has 7 nitrogen and oxygen atoms in total. The largest absolute Gasteiger partial charge is 0.495 e. The fourth-order valence-electron chi connectivity index (χ4n) is 3.82. The zero-order valence-corrected chi connectivity index (χ0v) is 15.3. The Morgan fingerprint density at radius 3 is 2.86 bits per heavy atom. The number of aliphatic hydroxyl groups excluding tert-OH is 1. The number of carbonyl (C=O) groups excluding carboxylic acids is 1. The molecular weight excluding hydrogens is 358 g/mol. The highest BCUT2D eigenvalue weighted by Gasteiger charge is 2.51. The number of benzene rings is 1. The maximum atomic E-state index is 13.1. The number of ether oxygens (including phenoxy) is 2. The van der Waals surface area contributed by atoms with Crippen LogP contribution in [0.2, 0.25) is 0 Å². The Morgan fingerprint density at radius 2 is 2.04 bits per heavy atom. The topological polar surface area (TPSA) is 92.7 Å². The van der Waals surface area contributed by atoms with Crippen LogP contribution < -0.4 is 20.1 Å². The second-order valence-corrected chi connectivity index (χ2v) is 7.37. The van der Waals surface area contributed by atoms with E-state index in [9.17, 15) is 9.90 Å². The molecule has 1 amide bonds. The van der Waals surface area contributed by atoms with Gasteiger partial charge in [-0.15, -0.1) is 0 Å². The smallest absolute Gasteiger partial charge is 0.236 e. The highest BCUT2D eigenvalue weighted by atomic mass is 16.7. The molecule has 0 unspecified atom stereocenters. The molecule has 0 spiro atoms. The SMILES string of the molecule is O=C(Nc1cccc(C2=C(O)NCCC2)n1)C1(c2ccc3c(c2)OCO3)CC1. The minimum atomic E-state index is -0.549. The van der Waals surface area contributed by atoms with Gasteiger partial charge in [-0.2, -0.15) is 0 Å². The van der Waals surface area contributed by atoms with Gasteiger partial charge in [0, 0.05) is 12.1 Å². The fraction of sp³-hybridized carbons (Fsp3) is 0.333. The average Bonchev–Trinajstić information content (AvgIpc) is 3.40. The van der Waals surface area contributed by atoms with Crippen LogP contribution in [0.4, 0.5) is 5.82 Å². The number of nitrogens with zero attached hydrogens (tertiary/aromatic N) is 1. The van der Waals surface area contributed by atoms with Crippen LogP contribution in [0.15, 0.2) is 42.3 Å². The number of rotatable bonds is 4. The number of nitrogens with one attached hydrogen (secondary N) is 2. The molecular formula is C21H21N3O4. The number of carbonyl (C=O) groups is 1. The highest BCUT2D eigenvalue weighted by Crippen LogP contribution is 2.51. The van der Waals surface area contributed by atoms with Gasteiger partial charge >= 0.3 is 0 Å². The lowest BCUT2D eigenvalue weighted by atomic mass is 9.94. The monoisotopic (exact) mass is 379 g/mol. The zero-order chi connectivity index (χ0) is 19.1. The lowest BCUT2D eigenvalue weighted by Crippen LogP contribution is -2.28. The molecule has 1 aliphatic carbocycles. The van der Waals surface area contributed by atoms with E-state index < -0.39 is 5.41 Å². The molecule has 1 aromatic heterocycles. The molecule has 0 radical (unpaired) electrons. The van der Waals surface area contributed by atoms with Gasteiger partial charge in [-0.25, -0.2) is 4.98 Å². The summed E-state index contributed by atoms with van der Waals surface area (Å²) < 4.78 is 10.8. The molecule has 3 N–H and O–H groups in total. The van der Waals surface area contributed by atoms with Crippen molar-refractivity contribution in [2.75, 3.05) is 18.7 Å². The Hall–Kier alpha value is -3.22. The van der Waals surface area contributed by atoms with Crippen LogP contribution in [0.3, 0.4) is 0 Å². The number of anilines is 1. The van der Waals surface area contributed by atoms with Crippen molar-refractivity contribution in [3.8, 4) is 11.5 Å². The van der Waals surface area contributed by atoms with E-state index in [1.807, 2.05) is 30.3 Å². The minimum absolute atomic E-state index is 0.0732. The maximum Gasteiger partial charge on any atom is 0.236 e. The van der Waals surface area contributed by atoms with E-state index in [0.717, 1.165) is 43.4 Å². The first-order valence-corrected chi connectivity index (χ1v) is 9.51. The Balaban J connectivity index is 1.38. The first-order chi connectivity index (χ1) is 13.7. The molecule has 1 saturated carbocycles. The number of hydrogen-bond donors (Lipinski definition) is 3. The van der Waals surface area contributed by atoms with E-state index in [1.54, 1.807) is 6.07 Å². The van der Waals surface area contributed by atoms with E-state index in [0.29, 0.717) is 23.0 Å². The molecule has 1 aromatic carbocycles. The lowest BCUT2D eigenvalue weighted by molar-refractivity contribution is -0.118. The fourth-order valence-corrected chi connectivity index (χ4v) is 3.82. The van der Waals surface area contributed by atoms with Crippen LogP contribution >= 0.6 is 0 Å². The summed E-state index contributed by atoms with van der Waals surface area (Å²) in [6.45, 7) is 0.968. The summed E-state index contributed by atoms with van der Waals surface area (Å²) >= 11 is 0. The van der Waals surface area contributed by atoms with Crippen LogP contribution in [0.5, 0.6) is 11.5 Å². The summed E-state index contributed by atoms with van der Waals surface area (Å²) in [4.78, 5) is 17.6. The molecule has 7 heteroatoms. The van der Waals surface area contributed by atoms with Crippen molar-refractivity contribution in [3.05, 3.63) is 53.5 Å². The molecule has 0 saturated heterocycles. The van der Waals surface area contributed by atoms with Gasteiger partial charge in [0.15, 0.2) is 17.4 Å². The van der Waals surface area contributed by atoms with Crippen LogP contribution in [0.1, 0.15) is 36.9 Å². The summed E-state index contributed by atoms with van der Waals surface area (Å²) in [5, 5.41) is 16.0. The summed E-state index contributed by atoms with van der Waals surface area (Å²) in [5.41, 5.74) is 1.84. The van der Waals surface area contributed by atoms with Crippen molar-refractivity contribution < 1.29 is 19.4 Å². The zero-order valence-electron chi connectivity index (χ0n) is 15.3. The molecule has 0 atom stereocenters. The van der Waals surface area contributed by atoms with Gasteiger partial charge in [0.25, 0.3) is 0 Å². The summed E-state index contributed by atoms with van der Waals surface area (Å²) in [5.74, 6) is 1.98. The minimum Gasteiger partial charge on any atom is -0.495 e. The molecule has 3 aliphatic rings. The van der Waals surface area contributed by atoms with Crippen molar-refractivity contribution in [2.24, 2.45) is 0 Å². The lowest BCUT2D eigenvalue weighted by Gasteiger charge is -2.19. The van der Waals surface area contributed by atoms with Crippen molar-refractivity contribution in [3.63, 3.8) is 0 Å². The summed E-state index contributed by atoms with van der Waals surface area (Å²) in [6.07, 6.45) is 3.26. The predicted molar refractivity (Wildman–Crippen MR) is 103 cm³/mol. The van der Waals surface area contributed by atoms with Gasteiger partial charge in [0.1, 0.15) is 5.82 Å². The Morgan fingerprint density at radius 1 is 1.18 bits per heavy atom. The third-order valence-electron chi connectivity index (χ3n) is 5.59. The molecule has 1 fully saturated rings. The number of allylic oxidation sites excluding steroid dienone is 1. The molecule has 3 heterocycles. The van der Waals surface area contributed by atoms with Gasteiger partial charge in [-0.1, -0.05) is 12.1 Å². The van der Waals surface area contributed by atoms with Gasteiger partial charge < -0.3 is 25.2 Å². The Kier molecular flexibility index (Phi) is 3.89. The standard InChI is InChI=1S/C21H21N3O4/c25-19-14(3-2-10-22-19)15-4-1-5-18(23-15)24-20(26)21(8-9-21)13-6-7-16-17(11-13)28-12-27-16/h1,4-7,11,22,25H,2-3,8-10,12H2,(H,23,24,26). The van der Waals surface area contributed by atoms with Crippen molar-refractivity contribution in [1.29, 1.82) is 0 Å². The maximum absolute atomic E-state index is 13.1. The molecule has 28 heavy (non-hydrogen) atoms. The van der Waals surface area contributed by atoms with E-state index in [-0.39, 0.29) is 18.6 Å². The number of fused-ring (bicyclic) bond motifs is 1. The molecule has 2 aliphatic heterocycles. The third kappa shape index (κ3) is 2.83. The van der Waals surface area contributed by atoms with Crippen molar-refractivity contribution in [1.82, 2.24) is 10.3 Å². The van der Waals surface area contributed by atoms with Crippen LogP contribution in [0, 0.1) is 0 Å². The number of aromatic nitrogens is 1. The second kappa shape index (κ2) is 6.44. The van der Waals surface area contributed by atoms with Crippen molar-refractivity contribution in [2.45, 2.75) is 31.1 Å².